The van der Waals surface area contributed by atoms with E-state index in [0.717, 1.165) is 12.4 Å². The Hall–Kier alpha value is -0.900. The lowest BCUT2D eigenvalue weighted by atomic mass is 9.79. The molecule has 0 amide bonds. The highest BCUT2D eigenvalue weighted by atomic mass is 15.3. The minimum atomic E-state index is 0.529. The molecule has 2 atom stereocenters. The molecule has 1 aromatic rings. The van der Waals surface area contributed by atoms with Crippen LogP contribution in [-0.4, -0.2) is 21.3 Å². The molecule has 1 aliphatic rings. The number of hydrogen-bond donors (Lipinski definition) is 1. The first-order chi connectivity index (χ1) is 6.83. The molecule has 1 fully saturated rings. The number of nitrogens with two attached hydrogens (primary N) is 1. The summed E-state index contributed by atoms with van der Waals surface area (Å²) < 4.78 is 1.89. The fraction of sp³-hybridized carbons (Fsp3) is 0.800. The third-order valence-electron chi connectivity index (χ3n) is 3.29. The molecule has 4 nitrogen and oxygen atoms in total. The van der Waals surface area contributed by atoms with Gasteiger partial charge in [-0.3, -0.25) is 4.68 Å². The van der Waals surface area contributed by atoms with E-state index in [0.29, 0.717) is 11.8 Å². The van der Waals surface area contributed by atoms with Gasteiger partial charge >= 0.3 is 0 Å². The smallest absolute Gasteiger partial charge is 0.138 e. The molecule has 0 radical (unpaired) electrons. The van der Waals surface area contributed by atoms with E-state index in [2.05, 4.69) is 10.1 Å². The van der Waals surface area contributed by atoms with Crippen molar-refractivity contribution in [3.05, 3.63) is 12.2 Å². The normalized spacial score (nSPS) is 27.9. The van der Waals surface area contributed by atoms with Crippen LogP contribution in [0.25, 0.3) is 0 Å². The highest BCUT2D eigenvalue weighted by molar-refractivity contribution is 5.00. The Labute approximate surface area is 84.5 Å². The summed E-state index contributed by atoms with van der Waals surface area (Å²) >= 11 is 0. The van der Waals surface area contributed by atoms with Gasteiger partial charge in [-0.15, -0.1) is 0 Å². The molecule has 1 aromatic heterocycles. The highest BCUT2D eigenvalue weighted by Crippen LogP contribution is 2.35. The predicted octanol–water partition coefficient (Wildman–Crippen LogP) is 1.05. The molecule has 1 saturated carbocycles. The minimum Gasteiger partial charge on any atom is -0.330 e. The van der Waals surface area contributed by atoms with Crippen molar-refractivity contribution in [3.63, 3.8) is 0 Å². The SMILES string of the molecule is Cn1ncnc1C1CCCCC1CN. The zero-order valence-electron chi connectivity index (χ0n) is 8.69. The summed E-state index contributed by atoms with van der Waals surface area (Å²) in [4.78, 5) is 4.33. The molecule has 4 heteroatoms. The van der Waals surface area contributed by atoms with Gasteiger partial charge in [0.25, 0.3) is 0 Å². The minimum absolute atomic E-state index is 0.529. The van der Waals surface area contributed by atoms with Crippen LogP contribution in [0.5, 0.6) is 0 Å². The van der Waals surface area contributed by atoms with Gasteiger partial charge in [-0.05, 0) is 25.3 Å². The molecule has 78 valence electrons. The maximum Gasteiger partial charge on any atom is 0.138 e. The first kappa shape index (κ1) is 9.65. The van der Waals surface area contributed by atoms with Crippen LogP contribution in [0, 0.1) is 5.92 Å². The number of aromatic nitrogens is 3. The van der Waals surface area contributed by atoms with Crippen molar-refractivity contribution in [2.24, 2.45) is 18.7 Å². The Bertz CT molecular complexity index is 294. The fourth-order valence-electron chi connectivity index (χ4n) is 2.47. The van der Waals surface area contributed by atoms with Gasteiger partial charge in [-0.25, -0.2) is 4.98 Å². The van der Waals surface area contributed by atoms with E-state index >= 15 is 0 Å². The van der Waals surface area contributed by atoms with Crippen LogP contribution in [0.3, 0.4) is 0 Å². The Morgan fingerprint density at radius 2 is 2.29 bits per heavy atom. The van der Waals surface area contributed by atoms with E-state index in [-0.39, 0.29) is 0 Å². The van der Waals surface area contributed by atoms with E-state index in [4.69, 9.17) is 5.73 Å². The van der Waals surface area contributed by atoms with Gasteiger partial charge in [-0.2, -0.15) is 5.10 Å². The molecule has 2 rings (SSSR count). The van der Waals surface area contributed by atoms with Crippen molar-refractivity contribution in [3.8, 4) is 0 Å². The molecule has 2 unspecified atom stereocenters. The first-order valence-electron chi connectivity index (χ1n) is 5.37. The van der Waals surface area contributed by atoms with E-state index in [1.807, 2.05) is 11.7 Å². The van der Waals surface area contributed by atoms with E-state index < -0.39 is 0 Å². The molecular formula is C10H18N4. The fourth-order valence-corrected chi connectivity index (χ4v) is 2.47. The van der Waals surface area contributed by atoms with E-state index in [1.165, 1.54) is 25.7 Å². The Morgan fingerprint density at radius 3 is 2.93 bits per heavy atom. The predicted molar refractivity (Wildman–Crippen MR) is 54.8 cm³/mol. The van der Waals surface area contributed by atoms with Crippen molar-refractivity contribution in [2.75, 3.05) is 6.54 Å². The summed E-state index contributed by atoms with van der Waals surface area (Å²) in [6.45, 7) is 0.775. The lowest BCUT2D eigenvalue weighted by Gasteiger charge is -2.29. The topological polar surface area (TPSA) is 56.7 Å². The number of hydrogen-bond acceptors (Lipinski definition) is 3. The number of aryl methyl sites for hydroxylation is 1. The summed E-state index contributed by atoms with van der Waals surface area (Å²) in [7, 11) is 1.96. The summed E-state index contributed by atoms with van der Waals surface area (Å²) in [5.74, 6) is 2.24. The molecule has 0 aliphatic heterocycles. The zero-order valence-corrected chi connectivity index (χ0v) is 8.69. The van der Waals surface area contributed by atoms with Crippen LogP contribution in [-0.2, 0) is 7.05 Å². The molecule has 14 heavy (non-hydrogen) atoms. The van der Waals surface area contributed by atoms with Crippen LogP contribution in [0.1, 0.15) is 37.4 Å². The molecule has 1 heterocycles. The Morgan fingerprint density at radius 1 is 1.50 bits per heavy atom. The van der Waals surface area contributed by atoms with Crippen molar-refractivity contribution in [1.82, 2.24) is 14.8 Å². The van der Waals surface area contributed by atoms with Gasteiger partial charge in [0.05, 0.1) is 0 Å². The van der Waals surface area contributed by atoms with Crippen LogP contribution in [0.2, 0.25) is 0 Å². The summed E-state index contributed by atoms with van der Waals surface area (Å²) in [6.07, 6.45) is 6.71. The summed E-state index contributed by atoms with van der Waals surface area (Å²) in [5, 5.41) is 4.13. The maximum atomic E-state index is 5.79. The molecule has 0 spiro atoms. The molecule has 0 aromatic carbocycles. The van der Waals surface area contributed by atoms with Crippen LogP contribution in [0.4, 0.5) is 0 Å². The molecule has 0 saturated heterocycles. The number of nitrogens with zero attached hydrogens (tertiary/aromatic N) is 3. The highest BCUT2D eigenvalue weighted by Gasteiger charge is 2.28. The van der Waals surface area contributed by atoms with Crippen molar-refractivity contribution in [1.29, 1.82) is 0 Å². The zero-order chi connectivity index (χ0) is 9.97. The van der Waals surface area contributed by atoms with Crippen LogP contribution < -0.4 is 5.73 Å². The second-order valence-corrected chi connectivity index (χ2v) is 4.13. The summed E-state index contributed by atoms with van der Waals surface area (Å²) in [5.41, 5.74) is 5.79. The lowest BCUT2D eigenvalue weighted by Crippen LogP contribution is -2.27. The largest absolute Gasteiger partial charge is 0.330 e. The standard InChI is InChI=1S/C10H18N4/c1-14-10(12-7-13-14)9-5-3-2-4-8(9)6-11/h7-9H,2-6,11H2,1H3. The molecule has 2 N–H and O–H groups in total. The third kappa shape index (κ3) is 1.66. The van der Waals surface area contributed by atoms with Crippen molar-refractivity contribution >= 4 is 0 Å². The maximum absolute atomic E-state index is 5.79. The average Bonchev–Trinajstić information content (AvgIpc) is 2.64. The average molecular weight is 194 g/mol. The van der Waals surface area contributed by atoms with Crippen LogP contribution in [0.15, 0.2) is 6.33 Å². The van der Waals surface area contributed by atoms with Gasteiger partial charge < -0.3 is 5.73 Å². The van der Waals surface area contributed by atoms with Gasteiger partial charge in [0.2, 0.25) is 0 Å². The second kappa shape index (κ2) is 4.09. The van der Waals surface area contributed by atoms with Gasteiger partial charge in [0.15, 0.2) is 0 Å². The Balaban J connectivity index is 2.19. The second-order valence-electron chi connectivity index (χ2n) is 4.13. The van der Waals surface area contributed by atoms with Crippen molar-refractivity contribution < 1.29 is 0 Å². The Kier molecular flexibility index (Phi) is 2.82. The van der Waals surface area contributed by atoms with E-state index in [1.54, 1.807) is 6.33 Å². The van der Waals surface area contributed by atoms with E-state index in [9.17, 15) is 0 Å². The molecular weight excluding hydrogens is 176 g/mol. The summed E-state index contributed by atoms with van der Waals surface area (Å²) in [6, 6.07) is 0. The third-order valence-corrected chi connectivity index (χ3v) is 3.29. The lowest BCUT2D eigenvalue weighted by molar-refractivity contribution is 0.298. The van der Waals surface area contributed by atoms with Crippen LogP contribution >= 0.6 is 0 Å². The molecule has 1 aliphatic carbocycles. The van der Waals surface area contributed by atoms with Gasteiger partial charge in [0.1, 0.15) is 12.2 Å². The van der Waals surface area contributed by atoms with Crippen molar-refractivity contribution in [2.45, 2.75) is 31.6 Å². The quantitative estimate of drug-likeness (QED) is 0.765. The first-order valence-corrected chi connectivity index (χ1v) is 5.37. The van der Waals surface area contributed by atoms with Gasteiger partial charge in [0, 0.05) is 13.0 Å². The molecule has 0 bridgehead atoms. The van der Waals surface area contributed by atoms with Gasteiger partial charge in [-0.1, -0.05) is 12.8 Å². The number of rotatable bonds is 2. The monoisotopic (exact) mass is 194 g/mol.